The summed E-state index contributed by atoms with van der Waals surface area (Å²) in [6, 6.07) is 9.26. The standard InChI is InChI=1S/C32H46FN5O4/c1-20-13-36(26(12-34-20)14-37-21(2)17-42-18-22(37)3)15-29(41)38-19-32(4,5)31-27(38)11-24(30(35-31)28(40)16-39)10-23-6-8-25(33)9-7-23/h6-9,11,20-22,26,28,34,39-40H,10,12-19H2,1-5H3/t20-,21-,22-,26-,28?/m1/s1. The Morgan fingerprint density at radius 1 is 1.19 bits per heavy atom. The number of fused-ring (bicyclic) bond motifs is 1. The molecule has 2 aromatic rings. The molecule has 3 aliphatic heterocycles. The van der Waals surface area contributed by atoms with Gasteiger partial charge in [-0.05, 0) is 56.5 Å². The van der Waals surface area contributed by atoms with Crippen LogP contribution in [-0.2, 0) is 21.4 Å². The van der Waals surface area contributed by atoms with Crippen molar-refractivity contribution in [3.63, 3.8) is 0 Å². The third-order valence-corrected chi connectivity index (χ3v) is 9.03. The van der Waals surface area contributed by atoms with Crippen LogP contribution in [0.4, 0.5) is 10.1 Å². The van der Waals surface area contributed by atoms with Crippen molar-refractivity contribution in [3.8, 4) is 0 Å². The minimum atomic E-state index is -1.15. The summed E-state index contributed by atoms with van der Waals surface area (Å²) in [6.07, 6.45) is -0.762. The predicted octanol–water partition coefficient (Wildman–Crippen LogP) is 2.23. The molecule has 3 aliphatic rings. The number of pyridine rings is 1. The van der Waals surface area contributed by atoms with Gasteiger partial charge in [0.1, 0.15) is 11.9 Å². The summed E-state index contributed by atoms with van der Waals surface area (Å²) in [7, 11) is 0. The highest BCUT2D eigenvalue weighted by Gasteiger charge is 2.42. The molecule has 0 saturated carbocycles. The lowest BCUT2D eigenvalue weighted by molar-refractivity contribution is -0.121. The highest BCUT2D eigenvalue weighted by Crippen LogP contribution is 2.41. The van der Waals surface area contributed by atoms with Gasteiger partial charge in [-0.2, -0.15) is 0 Å². The van der Waals surface area contributed by atoms with E-state index in [0.29, 0.717) is 42.9 Å². The van der Waals surface area contributed by atoms with Crippen molar-refractivity contribution in [3.05, 3.63) is 58.7 Å². The number of piperazine rings is 1. The maximum atomic E-state index is 14.1. The van der Waals surface area contributed by atoms with E-state index in [0.717, 1.165) is 49.8 Å². The van der Waals surface area contributed by atoms with Gasteiger partial charge < -0.3 is 25.2 Å². The van der Waals surface area contributed by atoms with E-state index in [1.54, 1.807) is 12.1 Å². The van der Waals surface area contributed by atoms with Crippen molar-refractivity contribution in [1.82, 2.24) is 20.1 Å². The van der Waals surface area contributed by atoms with E-state index >= 15 is 0 Å². The van der Waals surface area contributed by atoms with Gasteiger partial charge in [-0.25, -0.2) is 4.39 Å². The third kappa shape index (κ3) is 6.54. The van der Waals surface area contributed by atoms with Gasteiger partial charge in [0.25, 0.3) is 0 Å². The third-order valence-electron chi connectivity index (χ3n) is 9.03. The molecule has 5 rings (SSSR count). The summed E-state index contributed by atoms with van der Waals surface area (Å²) in [5, 5.41) is 24.1. The van der Waals surface area contributed by atoms with Crippen LogP contribution in [0.3, 0.4) is 0 Å². The van der Waals surface area contributed by atoms with Gasteiger partial charge in [0.15, 0.2) is 0 Å². The number of amides is 1. The Labute approximate surface area is 248 Å². The maximum Gasteiger partial charge on any atom is 0.241 e. The second-order valence-electron chi connectivity index (χ2n) is 13.1. The molecule has 4 heterocycles. The maximum absolute atomic E-state index is 14.1. The first-order valence-electron chi connectivity index (χ1n) is 15.2. The van der Waals surface area contributed by atoms with Gasteiger partial charge in [-0.15, -0.1) is 0 Å². The normalized spacial score (nSPS) is 27.2. The fourth-order valence-corrected chi connectivity index (χ4v) is 6.68. The number of rotatable bonds is 8. The predicted molar refractivity (Wildman–Crippen MR) is 160 cm³/mol. The van der Waals surface area contributed by atoms with Crippen LogP contribution in [-0.4, -0.2) is 108 Å². The number of nitrogens with zero attached hydrogens (tertiary/aromatic N) is 4. The van der Waals surface area contributed by atoms with Crippen LogP contribution in [0.25, 0.3) is 0 Å². The Bertz CT molecular complexity index is 1250. The van der Waals surface area contributed by atoms with Crippen molar-refractivity contribution in [1.29, 1.82) is 0 Å². The summed E-state index contributed by atoms with van der Waals surface area (Å²) >= 11 is 0. The smallest absolute Gasteiger partial charge is 0.241 e. The summed E-state index contributed by atoms with van der Waals surface area (Å²) in [4.78, 5) is 25.6. The van der Waals surface area contributed by atoms with E-state index in [2.05, 4.69) is 49.7 Å². The van der Waals surface area contributed by atoms with Crippen molar-refractivity contribution in [2.75, 3.05) is 57.4 Å². The second kappa shape index (κ2) is 12.6. The average molecular weight is 584 g/mol. The number of carbonyl (C=O) groups is 1. The fourth-order valence-electron chi connectivity index (χ4n) is 6.68. The molecule has 2 saturated heterocycles. The summed E-state index contributed by atoms with van der Waals surface area (Å²) < 4.78 is 19.3. The number of carbonyl (C=O) groups excluding carboxylic acids is 1. The largest absolute Gasteiger partial charge is 0.393 e. The van der Waals surface area contributed by atoms with E-state index in [1.165, 1.54) is 12.1 Å². The van der Waals surface area contributed by atoms with E-state index in [1.807, 2.05) is 11.0 Å². The molecular weight excluding hydrogens is 537 g/mol. The van der Waals surface area contributed by atoms with Crippen LogP contribution >= 0.6 is 0 Å². The Hall–Kier alpha value is -2.47. The van der Waals surface area contributed by atoms with Crippen molar-refractivity contribution in [2.45, 2.75) is 76.7 Å². The Kier molecular flexibility index (Phi) is 9.32. The average Bonchev–Trinajstić information content (AvgIpc) is 3.22. The number of anilines is 1. The van der Waals surface area contributed by atoms with Crippen molar-refractivity contribution >= 4 is 11.6 Å². The minimum Gasteiger partial charge on any atom is -0.393 e. The SMILES string of the molecule is C[C@@H]1CN(CC(=O)N2CC(C)(C)c3nc(C(O)CO)c(Cc4ccc(F)cc4)cc32)[C@@H](CN2[C@H](C)COC[C@H]2C)CN1. The number of ether oxygens (including phenoxy) is 1. The zero-order valence-corrected chi connectivity index (χ0v) is 25.5. The van der Waals surface area contributed by atoms with Gasteiger partial charge in [0, 0.05) is 55.8 Å². The number of aliphatic hydroxyl groups is 2. The van der Waals surface area contributed by atoms with Crippen LogP contribution in [0, 0.1) is 5.82 Å². The van der Waals surface area contributed by atoms with Crippen LogP contribution in [0.2, 0.25) is 0 Å². The molecule has 1 amide bonds. The highest BCUT2D eigenvalue weighted by atomic mass is 19.1. The van der Waals surface area contributed by atoms with Crippen LogP contribution < -0.4 is 10.2 Å². The Balaban J connectivity index is 1.41. The van der Waals surface area contributed by atoms with Crippen LogP contribution in [0.1, 0.15) is 63.2 Å². The number of aliphatic hydroxyl groups excluding tert-OH is 2. The first-order valence-corrected chi connectivity index (χ1v) is 15.2. The van der Waals surface area contributed by atoms with Gasteiger partial charge in [-0.3, -0.25) is 19.6 Å². The van der Waals surface area contributed by atoms with Gasteiger partial charge in [0.05, 0.1) is 43.4 Å². The monoisotopic (exact) mass is 583 g/mol. The number of hydrogen-bond acceptors (Lipinski definition) is 8. The molecular formula is C32H46FN5O4. The molecule has 0 spiro atoms. The summed E-state index contributed by atoms with van der Waals surface area (Å²) in [5.74, 6) is -0.299. The lowest BCUT2D eigenvalue weighted by Gasteiger charge is -2.46. The molecule has 9 nitrogen and oxygen atoms in total. The molecule has 10 heteroatoms. The number of halogens is 1. The van der Waals surface area contributed by atoms with Crippen LogP contribution in [0.15, 0.2) is 30.3 Å². The molecule has 3 N–H and O–H groups in total. The second-order valence-corrected chi connectivity index (χ2v) is 13.1. The molecule has 1 aromatic carbocycles. The molecule has 42 heavy (non-hydrogen) atoms. The molecule has 5 atom stereocenters. The highest BCUT2D eigenvalue weighted by molar-refractivity contribution is 5.97. The van der Waals surface area contributed by atoms with E-state index < -0.39 is 18.1 Å². The van der Waals surface area contributed by atoms with Crippen molar-refractivity contribution < 1.29 is 24.1 Å². The fraction of sp³-hybridized carbons (Fsp3) is 0.625. The quantitative estimate of drug-likeness (QED) is 0.435. The van der Waals surface area contributed by atoms with E-state index in [-0.39, 0.29) is 23.8 Å². The van der Waals surface area contributed by atoms with Crippen LogP contribution in [0.5, 0.6) is 0 Å². The van der Waals surface area contributed by atoms with Crippen molar-refractivity contribution in [2.24, 2.45) is 0 Å². The number of nitrogens with one attached hydrogen (secondary N) is 1. The number of morpholine rings is 1. The van der Waals surface area contributed by atoms with E-state index in [4.69, 9.17) is 9.72 Å². The first kappa shape index (κ1) is 31.0. The summed E-state index contributed by atoms with van der Waals surface area (Å²) in [6.45, 7) is 14.9. The molecule has 0 bridgehead atoms. The topological polar surface area (TPSA) is 101 Å². The van der Waals surface area contributed by atoms with Gasteiger partial charge in [-0.1, -0.05) is 26.0 Å². The molecule has 2 fully saturated rings. The number of hydrogen-bond donors (Lipinski definition) is 3. The lowest BCUT2D eigenvalue weighted by atomic mass is 9.90. The van der Waals surface area contributed by atoms with Gasteiger partial charge in [0.2, 0.25) is 5.91 Å². The zero-order chi connectivity index (χ0) is 30.2. The number of aromatic nitrogens is 1. The molecule has 0 aliphatic carbocycles. The molecule has 1 unspecified atom stereocenters. The lowest BCUT2D eigenvalue weighted by Crippen LogP contribution is -2.63. The minimum absolute atomic E-state index is 0.0222. The Morgan fingerprint density at radius 3 is 2.55 bits per heavy atom. The van der Waals surface area contributed by atoms with Gasteiger partial charge >= 0.3 is 0 Å². The molecule has 0 radical (unpaired) electrons. The summed E-state index contributed by atoms with van der Waals surface area (Å²) in [5.41, 5.74) is 3.00. The first-order chi connectivity index (χ1) is 20.0. The zero-order valence-electron chi connectivity index (χ0n) is 25.5. The number of benzene rings is 1. The molecule has 230 valence electrons. The van der Waals surface area contributed by atoms with E-state index in [9.17, 15) is 19.4 Å². The molecule has 1 aromatic heterocycles. The Morgan fingerprint density at radius 2 is 1.88 bits per heavy atom.